The Morgan fingerprint density at radius 3 is 2.85 bits per heavy atom. The van der Waals surface area contributed by atoms with E-state index in [-0.39, 0.29) is 23.1 Å². The molecule has 104 valence electrons. The maximum Gasteiger partial charge on any atom is 0.187 e. The summed E-state index contributed by atoms with van der Waals surface area (Å²) in [5.74, 6) is 0.167. The third-order valence-corrected chi connectivity index (χ3v) is 6.63. The Kier molecular flexibility index (Phi) is 2.72. The van der Waals surface area contributed by atoms with Crippen LogP contribution >= 0.6 is 0 Å². The summed E-state index contributed by atoms with van der Waals surface area (Å²) in [6.07, 6.45) is 5.97. The number of hydrogen-bond acceptors (Lipinski definition) is 3. The van der Waals surface area contributed by atoms with E-state index in [1.54, 1.807) is 12.2 Å². The second-order valence-corrected chi connectivity index (χ2v) is 7.38. The predicted octanol–water partition coefficient (Wildman–Crippen LogP) is 2.24. The van der Waals surface area contributed by atoms with Gasteiger partial charge in [0.1, 0.15) is 5.60 Å². The lowest BCUT2D eigenvalue weighted by molar-refractivity contribution is -0.140. The van der Waals surface area contributed by atoms with Crippen molar-refractivity contribution in [2.45, 2.75) is 41.1 Å². The first kappa shape index (κ1) is 12.5. The lowest BCUT2D eigenvalue weighted by atomic mass is 9.87. The first-order valence-corrected chi connectivity index (χ1v) is 8.30. The number of benzene rings is 1. The second kappa shape index (κ2) is 4.37. The third kappa shape index (κ3) is 1.55. The Morgan fingerprint density at radius 2 is 2.05 bits per heavy atom. The zero-order chi connectivity index (χ0) is 13.7. The second-order valence-electron chi connectivity index (χ2n) is 5.77. The maximum atomic E-state index is 12.9. The van der Waals surface area contributed by atoms with Crippen LogP contribution in [0.25, 0.3) is 0 Å². The maximum absolute atomic E-state index is 12.9. The Labute approximate surface area is 120 Å². The fourth-order valence-corrected chi connectivity index (χ4v) is 5.72. The summed E-state index contributed by atoms with van der Waals surface area (Å²) in [5, 5.41) is -0.0948. The van der Waals surface area contributed by atoms with E-state index in [0.29, 0.717) is 0 Å². The minimum absolute atomic E-state index is 0.0730. The Bertz CT molecular complexity index is 609. The highest BCUT2D eigenvalue weighted by Gasteiger charge is 2.63. The standard InChI is InChI=1S/C16H16O3S/c17-14-9-8-13-15(12-7-4-10-16(12,14)19-13)20(18)11-5-2-1-3-6-11/h1-3,5-6,8-9,12-13,15H,4,7,10H2/t12-,13-,15-,16-,20?/m0/s1. The molecule has 0 aromatic heterocycles. The van der Waals surface area contributed by atoms with E-state index in [0.717, 1.165) is 24.2 Å². The van der Waals surface area contributed by atoms with E-state index in [1.165, 1.54) is 0 Å². The Hall–Kier alpha value is -1.26. The van der Waals surface area contributed by atoms with Gasteiger partial charge < -0.3 is 4.74 Å². The zero-order valence-electron chi connectivity index (χ0n) is 11.0. The molecule has 1 unspecified atom stereocenters. The molecule has 20 heavy (non-hydrogen) atoms. The summed E-state index contributed by atoms with van der Waals surface area (Å²) in [6.45, 7) is 0. The number of rotatable bonds is 2. The molecule has 0 amide bonds. The lowest BCUT2D eigenvalue weighted by Crippen LogP contribution is -2.42. The van der Waals surface area contributed by atoms with E-state index < -0.39 is 16.4 Å². The molecule has 5 atom stereocenters. The van der Waals surface area contributed by atoms with Gasteiger partial charge in [0.15, 0.2) is 5.78 Å². The third-order valence-electron chi connectivity index (χ3n) is 4.81. The van der Waals surface area contributed by atoms with Crippen LogP contribution in [0, 0.1) is 5.92 Å². The zero-order valence-corrected chi connectivity index (χ0v) is 11.8. The molecule has 1 saturated carbocycles. The number of ether oxygens (including phenoxy) is 1. The van der Waals surface area contributed by atoms with Gasteiger partial charge in [-0.05, 0) is 37.5 Å². The predicted molar refractivity (Wildman–Crippen MR) is 75.7 cm³/mol. The fourth-order valence-electron chi connectivity index (χ4n) is 3.94. The molecule has 4 heteroatoms. The number of carbonyl (C=O) groups is 1. The summed E-state index contributed by atoms with van der Waals surface area (Å²) in [7, 11) is -1.13. The van der Waals surface area contributed by atoms with Crippen LogP contribution in [-0.4, -0.2) is 26.9 Å². The number of carbonyl (C=O) groups excluding carboxylic acids is 1. The quantitative estimate of drug-likeness (QED) is 0.838. The molecule has 2 bridgehead atoms. The molecule has 3 nitrogen and oxygen atoms in total. The first-order chi connectivity index (χ1) is 9.72. The van der Waals surface area contributed by atoms with Gasteiger partial charge in [0.05, 0.1) is 22.2 Å². The van der Waals surface area contributed by atoms with Crippen molar-refractivity contribution in [1.29, 1.82) is 0 Å². The molecule has 1 spiro atoms. The summed E-state index contributed by atoms with van der Waals surface area (Å²) in [6, 6.07) is 9.52. The van der Waals surface area contributed by atoms with Crippen LogP contribution in [0.4, 0.5) is 0 Å². The average Bonchev–Trinajstić information content (AvgIpc) is 2.98. The minimum atomic E-state index is -1.13. The molecular formula is C16H16O3S. The molecule has 2 heterocycles. The molecule has 1 aromatic carbocycles. The van der Waals surface area contributed by atoms with Gasteiger partial charge >= 0.3 is 0 Å². The lowest BCUT2D eigenvalue weighted by Gasteiger charge is -2.27. The number of hydrogen-bond donors (Lipinski definition) is 0. The number of fused-ring (bicyclic) bond motifs is 1. The topological polar surface area (TPSA) is 43.4 Å². The van der Waals surface area contributed by atoms with Gasteiger partial charge in [0, 0.05) is 10.8 Å². The van der Waals surface area contributed by atoms with Gasteiger partial charge in [-0.25, -0.2) is 0 Å². The summed E-state index contributed by atoms with van der Waals surface area (Å²) >= 11 is 0. The van der Waals surface area contributed by atoms with Crippen molar-refractivity contribution in [3.05, 3.63) is 42.5 Å². The average molecular weight is 288 g/mol. The van der Waals surface area contributed by atoms with Crippen LogP contribution in [0.15, 0.2) is 47.4 Å². The highest BCUT2D eigenvalue weighted by Crippen LogP contribution is 2.53. The monoisotopic (exact) mass is 288 g/mol. The van der Waals surface area contributed by atoms with Crippen molar-refractivity contribution >= 4 is 16.6 Å². The molecule has 2 aliphatic heterocycles. The van der Waals surface area contributed by atoms with Crippen LogP contribution in [0.2, 0.25) is 0 Å². The smallest absolute Gasteiger partial charge is 0.187 e. The van der Waals surface area contributed by atoms with Crippen molar-refractivity contribution in [1.82, 2.24) is 0 Å². The SMILES string of the molecule is O=C1C=C[C@@H]2O[C@]13CCC[C@H]3[C@@H]2S(=O)c1ccccc1. The van der Waals surface area contributed by atoms with Crippen molar-refractivity contribution in [2.75, 3.05) is 0 Å². The normalized spacial score (nSPS) is 39.8. The van der Waals surface area contributed by atoms with Crippen LogP contribution in [-0.2, 0) is 20.3 Å². The molecule has 1 aliphatic carbocycles. The highest BCUT2D eigenvalue weighted by atomic mass is 32.2. The molecular weight excluding hydrogens is 272 g/mol. The van der Waals surface area contributed by atoms with Gasteiger partial charge in [0.25, 0.3) is 0 Å². The van der Waals surface area contributed by atoms with Crippen molar-refractivity contribution in [3.8, 4) is 0 Å². The summed E-state index contributed by atoms with van der Waals surface area (Å²) < 4.78 is 19.0. The molecule has 4 rings (SSSR count). The molecule has 1 aromatic rings. The van der Waals surface area contributed by atoms with Crippen molar-refractivity contribution in [2.24, 2.45) is 5.92 Å². The van der Waals surface area contributed by atoms with Crippen LogP contribution in [0.1, 0.15) is 19.3 Å². The van der Waals surface area contributed by atoms with Crippen molar-refractivity contribution < 1.29 is 13.7 Å². The molecule has 0 radical (unpaired) electrons. The van der Waals surface area contributed by atoms with Crippen LogP contribution in [0.3, 0.4) is 0 Å². The van der Waals surface area contributed by atoms with E-state index in [1.807, 2.05) is 30.3 Å². The number of ketones is 1. The Balaban J connectivity index is 1.75. The minimum Gasteiger partial charge on any atom is -0.358 e. The Morgan fingerprint density at radius 1 is 1.25 bits per heavy atom. The van der Waals surface area contributed by atoms with Gasteiger partial charge in [-0.2, -0.15) is 0 Å². The largest absolute Gasteiger partial charge is 0.358 e. The summed E-state index contributed by atoms with van der Waals surface area (Å²) in [4.78, 5) is 13.1. The molecule has 0 N–H and O–H groups in total. The van der Waals surface area contributed by atoms with Gasteiger partial charge in [-0.1, -0.05) is 24.3 Å². The van der Waals surface area contributed by atoms with Gasteiger partial charge in [-0.15, -0.1) is 0 Å². The summed E-state index contributed by atoms with van der Waals surface area (Å²) in [5.41, 5.74) is -0.672. The van der Waals surface area contributed by atoms with Crippen LogP contribution in [0.5, 0.6) is 0 Å². The van der Waals surface area contributed by atoms with Gasteiger partial charge in [0.2, 0.25) is 0 Å². The van der Waals surface area contributed by atoms with E-state index >= 15 is 0 Å². The van der Waals surface area contributed by atoms with Gasteiger partial charge in [-0.3, -0.25) is 9.00 Å². The highest BCUT2D eigenvalue weighted by molar-refractivity contribution is 7.85. The molecule has 1 saturated heterocycles. The van der Waals surface area contributed by atoms with E-state index in [4.69, 9.17) is 4.74 Å². The van der Waals surface area contributed by atoms with Crippen LogP contribution < -0.4 is 0 Å². The first-order valence-electron chi connectivity index (χ1n) is 7.08. The fraction of sp³-hybridized carbons (Fsp3) is 0.438. The van der Waals surface area contributed by atoms with E-state index in [2.05, 4.69) is 0 Å². The van der Waals surface area contributed by atoms with Crippen molar-refractivity contribution in [3.63, 3.8) is 0 Å². The molecule has 2 fully saturated rings. The molecule has 3 aliphatic rings. The van der Waals surface area contributed by atoms with E-state index in [9.17, 15) is 9.00 Å².